The lowest BCUT2D eigenvalue weighted by Crippen LogP contribution is -1.93. The first kappa shape index (κ1) is 11.4. The van der Waals surface area contributed by atoms with Crippen LogP contribution < -0.4 is 0 Å². The lowest BCUT2D eigenvalue weighted by Gasteiger charge is -2.10. The van der Waals surface area contributed by atoms with Crippen LogP contribution in [-0.4, -0.2) is 10.1 Å². The molecule has 1 N–H and O–H groups in total. The maximum atomic E-state index is 9.98. The highest BCUT2D eigenvalue weighted by Gasteiger charge is 2.17. The van der Waals surface area contributed by atoms with Gasteiger partial charge in [-0.25, -0.2) is 4.98 Å². The molecule has 1 aromatic heterocycles. The molecule has 0 aliphatic carbocycles. The zero-order valence-corrected chi connectivity index (χ0v) is 9.86. The summed E-state index contributed by atoms with van der Waals surface area (Å²) >= 11 is 6.13. The lowest BCUT2D eigenvalue weighted by molar-refractivity contribution is 0.472. The summed E-state index contributed by atoms with van der Waals surface area (Å²) in [6.45, 7) is 1.70. The molecule has 1 heterocycles. The summed E-state index contributed by atoms with van der Waals surface area (Å²) in [5.74, 6) is -0.172. The number of pyridine rings is 1. The molecule has 2 aromatic rings. The smallest absolute Gasteiger partial charge is 0.183 e. The number of hydrogen-bond acceptors (Lipinski definition) is 3. The van der Waals surface area contributed by atoms with E-state index >= 15 is 0 Å². The van der Waals surface area contributed by atoms with Crippen molar-refractivity contribution in [1.82, 2.24) is 4.98 Å². The molecule has 0 aliphatic rings. The Morgan fingerprint density at radius 1 is 1.29 bits per heavy atom. The molecule has 0 aliphatic heterocycles. The first-order chi connectivity index (χ1) is 8.15. The second-order valence-electron chi connectivity index (χ2n) is 3.56. The summed E-state index contributed by atoms with van der Waals surface area (Å²) in [6.07, 6.45) is 0. The van der Waals surface area contributed by atoms with Crippen molar-refractivity contribution in [2.75, 3.05) is 0 Å². The minimum absolute atomic E-state index is 0.00856. The second kappa shape index (κ2) is 4.44. The first-order valence-corrected chi connectivity index (χ1v) is 5.37. The van der Waals surface area contributed by atoms with Gasteiger partial charge in [0.2, 0.25) is 0 Å². The normalized spacial score (nSPS) is 9.94. The van der Waals surface area contributed by atoms with E-state index in [2.05, 4.69) is 4.98 Å². The molecule has 0 spiro atoms. The van der Waals surface area contributed by atoms with Gasteiger partial charge in [0.1, 0.15) is 6.07 Å². The second-order valence-corrected chi connectivity index (χ2v) is 3.94. The number of nitriles is 1. The molecule has 0 saturated carbocycles. The van der Waals surface area contributed by atoms with Gasteiger partial charge in [-0.3, -0.25) is 0 Å². The summed E-state index contributed by atoms with van der Waals surface area (Å²) in [5.41, 5.74) is 1.74. The number of aromatic nitrogens is 1. The Morgan fingerprint density at radius 2 is 1.94 bits per heavy atom. The van der Waals surface area contributed by atoms with Gasteiger partial charge in [0, 0.05) is 5.56 Å². The molecule has 4 heteroatoms. The molecular weight excluding hydrogens is 236 g/mol. The molecular formula is C13H9ClN2O. The van der Waals surface area contributed by atoms with E-state index in [9.17, 15) is 5.11 Å². The fourth-order valence-electron chi connectivity index (χ4n) is 1.62. The van der Waals surface area contributed by atoms with E-state index in [0.29, 0.717) is 16.3 Å². The molecule has 1 aromatic carbocycles. The molecule has 0 radical (unpaired) electrons. The van der Waals surface area contributed by atoms with Gasteiger partial charge in [0.25, 0.3) is 0 Å². The van der Waals surface area contributed by atoms with Crippen molar-refractivity contribution in [3.63, 3.8) is 0 Å². The third-order valence-electron chi connectivity index (χ3n) is 2.45. The highest BCUT2D eigenvalue weighted by Crippen LogP contribution is 2.38. The summed E-state index contributed by atoms with van der Waals surface area (Å²) in [7, 11) is 0. The fraction of sp³-hybridized carbons (Fsp3) is 0.0769. The van der Waals surface area contributed by atoms with E-state index in [4.69, 9.17) is 16.9 Å². The van der Waals surface area contributed by atoms with E-state index < -0.39 is 0 Å². The third kappa shape index (κ3) is 1.95. The predicted molar refractivity (Wildman–Crippen MR) is 65.8 cm³/mol. The summed E-state index contributed by atoms with van der Waals surface area (Å²) in [6, 6.07) is 11.0. The zero-order valence-electron chi connectivity index (χ0n) is 9.11. The van der Waals surface area contributed by atoms with Crippen molar-refractivity contribution in [3.8, 4) is 22.9 Å². The van der Waals surface area contributed by atoms with E-state index in [1.54, 1.807) is 6.92 Å². The van der Waals surface area contributed by atoms with E-state index in [1.165, 1.54) is 0 Å². The van der Waals surface area contributed by atoms with Gasteiger partial charge in [0.15, 0.2) is 11.4 Å². The van der Waals surface area contributed by atoms with Gasteiger partial charge in [-0.05, 0) is 12.5 Å². The molecule has 17 heavy (non-hydrogen) atoms. The molecule has 0 saturated heterocycles. The number of halogens is 1. The van der Waals surface area contributed by atoms with Gasteiger partial charge >= 0.3 is 0 Å². The maximum Gasteiger partial charge on any atom is 0.183 e. The van der Waals surface area contributed by atoms with E-state index in [-0.39, 0.29) is 11.4 Å². The van der Waals surface area contributed by atoms with E-state index in [1.807, 2.05) is 36.4 Å². The van der Waals surface area contributed by atoms with Crippen LogP contribution in [0.15, 0.2) is 30.3 Å². The third-order valence-corrected chi connectivity index (χ3v) is 2.91. The predicted octanol–water partition coefficient (Wildman–Crippen LogP) is 3.29. The van der Waals surface area contributed by atoms with Crippen molar-refractivity contribution in [3.05, 3.63) is 46.7 Å². The number of hydrogen-bond donors (Lipinski definition) is 1. The average Bonchev–Trinajstić information content (AvgIpc) is 2.35. The average molecular weight is 245 g/mol. The van der Waals surface area contributed by atoms with Crippen LogP contribution in [0.4, 0.5) is 0 Å². The summed E-state index contributed by atoms with van der Waals surface area (Å²) < 4.78 is 0. The molecule has 0 atom stereocenters. The van der Waals surface area contributed by atoms with E-state index in [0.717, 1.165) is 5.56 Å². The summed E-state index contributed by atoms with van der Waals surface area (Å²) in [4.78, 5) is 3.93. The summed E-state index contributed by atoms with van der Waals surface area (Å²) in [5, 5.41) is 19.2. The Kier molecular flexibility index (Phi) is 2.99. The Labute approximate surface area is 104 Å². The minimum Gasteiger partial charge on any atom is -0.504 e. The molecule has 0 fully saturated rings. The fourth-order valence-corrected chi connectivity index (χ4v) is 1.86. The Balaban J connectivity index is 2.78. The van der Waals surface area contributed by atoms with Crippen LogP contribution in [0.2, 0.25) is 5.02 Å². The Morgan fingerprint density at radius 3 is 2.53 bits per heavy atom. The quantitative estimate of drug-likeness (QED) is 0.837. The van der Waals surface area contributed by atoms with Crippen LogP contribution in [-0.2, 0) is 0 Å². The van der Waals surface area contributed by atoms with Crippen molar-refractivity contribution in [2.24, 2.45) is 0 Å². The number of aromatic hydroxyl groups is 1. The van der Waals surface area contributed by atoms with Crippen LogP contribution in [0.5, 0.6) is 5.75 Å². The van der Waals surface area contributed by atoms with Crippen molar-refractivity contribution in [2.45, 2.75) is 6.92 Å². The van der Waals surface area contributed by atoms with Crippen molar-refractivity contribution in [1.29, 1.82) is 5.26 Å². The highest BCUT2D eigenvalue weighted by atomic mass is 35.5. The van der Waals surface area contributed by atoms with Gasteiger partial charge < -0.3 is 5.11 Å². The number of aryl methyl sites for hydroxylation is 1. The van der Waals surface area contributed by atoms with Crippen LogP contribution in [0.3, 0.4) is 0 Å². The van der Waals surface area contributed by atoms with Crippen LogP contribution in [0.25, 0.3) is 11.1 Å². The minimum atomic E-state index is -0.172. The lowest BCUT2D eigenvalue weighted by atomic mass is 10.0. The van der Waals surface area contributed by atoms with Gasteiger partial charge in [0.05, 0.1) is 10.7 Å². The van der Waals surface area contributed by atoms with Gasteiger partial charge in [-0.15, -0.1) is 0 Å². The molecule has 0 bridgehead atoms. The Hall–Kier alpha value is -2.05. The highest BCUT2D eigenvalue weighted by molar-refractivity contribution is 6.34. The van der Waals surface area contributed by atoms with Crippen molar-refractivity contribution >= 4 is 11.6 Å². The molecule has 0 unspecified atom stereocenters. The number of nitrogens with zero attached hydrogens (tertiary/aromatic N) is 2. The number of benzene rings is 1. The maximum absolute atomic E-state index is 9.98. The van der Waals surface area contributed by atoms with Crippen LogP contribution in [0, 0.1) is 18.3 Å². The molecule has 3 nitrogen and oxygen atoms in total. The van der Waals surface area contributed by atoms with Crippen molar-refractivity contribution < 1.29 is 5.11 Å². The van der Waals surface area contributed by atoms with Gasteiger partial charge in [-0.2, -0.15) is 5.26 Å². The standard InChI is InChI=1S/C13H9ClN2O/c1-8-12(14)11(9-5-3-2-4-6-9)13(17)10(7-15)16-8/h2-6,17H,1H3. The molecule has 84 valence electrons. The zero-order chi connectivity index (χ0) is 12.4. The SMILES string of the molecule is Cc1nc(C#N)c(O)c(-c2ccccc2)c1Cl. The van der Waals surface area contributed by atoms with Gasteiger partial charge in [-0.1, -0.05) is 41.9 Å². The first-order valence-electron chi connectivity index (χ1n) is 4.99. The van der Waals surface area contributed by atoms with Crippen LogP contribution >= 0.6 is 11.6 Å². The topological polar surface area (TPSA) is 56.9 Å². The Bertz CT molecular complexity index is 603. The molecule has 2 rings (SSSR count). The van der Waals surface area contributed by atoms with Crippen LogP contribution in [0.1, 0.15) is 11.4 Å². The number of rotatable bonds is 1. The molecule has 0 amide bonds. The largest absolute Gasteiger partial charge is 0.504 e. The monoisotopic (exact) mass is 244 g/mol.